The van der Waals surface area contributed by atoms with Crippen molar-refractivity contribution in [2.45, 2.75) is 12.5 Å². The Kier molecular flexibility index (Phi) is 3.44. The molecule has 0 saturated heterocycles. The van der Waals surface area contributed by atoms with Gasteiger partial charge in [0.15, 0.2) is 6.04 Å². The molecule has 0 bridgehead atoms. The lowest BCUT2D eigenvalue weighted by atomic mass is 9.96. The van der Waals surface area contributed by atoms with Crippen LogP contribution in [0.15, 0.2) is 54.6 Å². The molecule has 0 spiro atoms. The number of carboxylic acids is 1. The number of fused-ring (bicyclic) bond motifs is 1. The molecule has 1 aliphatic heterocycles. The molecule has 3 rings (SSSR count). The van der Waals surface area contributed by atoms with E-state index in [0.29, 0.717) is 24.1 Å². The van der Waals surface area contributed by atoms with Crippen molar-refractivity contribution >= 4 is 11.9 Å². The van der Waals surface area contributed by atoms with Crippen LogP contribution in [0.25, 0.3) is 0 Å². The van der Waals surface area contributed by atoms with Gasteiger partial charge in [0.1, 0.15) is 0 Å². The van der Waals surface area contributed by atoms with E-state index in [1.54, 1.807) is 36.4 Å². The molecule has 0 fully saturated rings. The third-order valence-corrected chi connectivity index (χ3v) is 3.79. The molecule has 2 aromatic carbocycles. The molecule has 1 heterocycles. The Morgan fingerprint density at radius 1 is 1.05 bits per heavy atom. The lowest BCUT2D eigenvalue weighted by Crippen LogP contribution is -2.43. The van der Waals surface area contributed by atoms with Crippen molar-refractivity contribution in [3.05, 3.63) is 71.3 Å². The standard InChI is InChI=1S/C17H15NO3/c19-16-14-9-5-4-6-12(14)10-11-18(16)15(17(20)21)13-7-2-1-3-8-13/h1-9,15H,10-11H2,(H,20,21). The van der Waals surface area contributed by atoms with Gasteiger partial charge in [0.25, 0.3) is 5.91 Å². The molecule has 0 saturated carbocycles. The first kappa shape index (κ1) is 13.4. The molecule has 2 aromatic rings. The number of aliphatic carboxylic acids is 1. The first-order chi connectivity index (χ1) is 10.2. The van der Waals surface area contributed by atoms with Crippen LogP contribution >= 0.6 is 0 Å². The SMILES string of the molecule is O=C(O)C(c1ccccc1)N1CCc2ccccc2C1=O. The molecule has 106 valence electrons. The van der Waals surface area contributed by atoms with Crippen LogP contribution in [-0.2, 0) is 11.2 Å². The molecule has 0 radical (unpaired) electrons. The van der Waals surface area contributed by atoms with E-state index < -0.39 is 12.0 Å². The van der Waals surface area contributed by atoms with Crippen LogP contribution < -0.4 is 0 Å². The van der Waals surface area contributed by atoms with E-state index in [1.807, 2.05) is 18.2 Å². The first-order valence-corrected chi connectivity index (χ1v) is 6.85. The molecule has 1 N–H and O–H groups in total. The fraction of sp³-hybridized carbons (Fsp3) is 0.176. The van der Waals surface area contributed by atoms with E-state index in [9.17, 15) is 14.7 Å². The predicted molar refractivity (Wildman–Crippen MR) is 78.0 cm³/mol. The average Bonchev–Trinajstić information content (AvgIpc) is 2.51. The molecule has 1 atom stereocenters. The summed E-state index contributed by atoms with van der Waals surface area (Å²) in [5.41, 5.74) is 2.21. The van der Waals surface area contributed by atoms with Crippen molar-refractivity contribution in [1.29, 1.82) is 0 Å². The maximum Gasteiger partial charge on any atom is 0.331 e. The lowest BCUT2D eigenvalue weighted by Gasteiger charge is -2.33. The number of carboxylic acid groups (broad SMARTS) is 1. The van der Waals surface area contributed by atoms with Gasteiger partial charge >= 0.3 is 5.97 Å². The summed E-state index contributed by atoms with van der Waals surface area (Å²) in [6.45, 7) is 0.418. The number of hydrogen-bond donors (Lipinski definition) is 1. The quantitative estimate of drug-likeness (QED) is 0.940. The number of hydrogen-bond acceptors (Lipinski definition) is 2. The Balaban J connectivity index is 1.99. The van der Waals surface area contributed by atoms with Gasteiger partial charge in [-0.1, -0.05) is 48.5 Å². The monoisotopic (exact) mass is 281 g/mol. The van der Waals surface area contributed by atoms with Crippen LogP contribution in [-0.4, -0.2) is 28.4 Å². The van der Waals surface area contributed by atoms with Crippen LogP contribution in [0.1, 0.15) is 27.5 Å². The van der Waals surface area contributed by atoms with Crippen molar-refractivity contribution in [3.63, 3.8) is 0 Å². The number of amides is 1. The van der Waals surface area contributed by atoms with E-state index in [4.69, 9.17) is 0 Å². The second kappa shape index (κ2) is 5.40. The highest BCUT2D eigenvalue weighted by Crippen LogP contribution is 2.28. The highest BCUT2D eigenvalue weighted by molar-refractivity contribution is 5.99. The molecular formula is C17H15NO3. The van der Waals surface area contributed by atoms with Gasteiger partial charge in [-0.25, -0.2) is 4.79 Å². The lowest BCUT2D eigenvalue weighted by molar-refractivity contribution is -0.142. The molecule has 21 heavy (non-hydrogen) atoms. The average molecular weight is 281 g/mol. The van der Waals surface area contributed by atoms with Crippen molar-refractivity contribution in [3.8, 4) is 0 Å². The van der Waals surface area contributed by atoms with Crippen molar-refractivity contribution in [2.24, 2.45) is 0 Å². The second-order valence-electron chi connectivity index (χ2n) is 5.06. The summed E-state index contributed by atoms with van der Waals surface area (Å²) in [5.74, 6) is -1.22. The summed E-state index contributed by atoms with van der Waals surface area (Å²) in [7, 11) is 0. The Morgan fingerprint density at radius 2 is 1.71 bits per heavy atom. The first-order valence-electron chi connectivity index (χ1n) is 6.85. The maximum absolute atomic E-state index is 12.6. The topological polar surface area (TPSA) is 57.6 Å². The van der Waals surface area contributed by atoms with Crippen LogP contribution in [0.4, 0.5) is 0 Å². The van der Waals surface area contributed by atoms with Crippen LogP contribution in [0.5, 0.6) is 0 Å². The molecule has 4 nitrogen and oxygen atoms in total. The Labute approximate surface area is 122 Å². The largest absolute Gasteiger partial charge is 0.479 e. The number of rotatable bonds is 3. The van der Waals surface area contributed by atoms with E-state index in [-0.39, 0.29) is 5.91 Å². The van der Waals surface area contributed by atoms with Crippen LogP contribution in [0, 0.1) is 0 Å². The van der Waals surface area contributed by atoms with Crippen molar-refractivity contribution in [2.75, 3.05) is 6.54 Å². The summed E-state index contributed by atoms with van der Waals surface area (Å²) in [4.78, 5) is 25.7. The van der Waals surface area contributed by atoms with Gasteiger partial charge in [0.2, 0.25) is 0 Å². The zero-order valence-corrected chi connectivity index (χ0v) is 11.4. The molecule has 0 aliphatic carbocycles. The van der Waals surface area contributed by atoms with E-state index >= 15 is 0 Å². The normalized spacial score (nSPS) is 15.4. The predicted octanol–water partition coefficient (Wildman–Crippen LogP) is 2.51. The van der Waals surface area contributed by atoms with Gasteiger partial charge in [-0.3, -0.25) is 4.79 Å². The van der Waals surface area contributed by atoms with E-state index in [2.05, 4.69) is 0 Å². The number of carbonyl (C=O) groups excluding carboxylic acids is 1. The second-order valence-corrected chi connectivity index (χ2v) is 5.06. The number of nitrogens with zero attached hydrogens (tertiary/aromatic N) is 1. The molecule has 1 amide bonds. The zero-order valence-electron chi connectivity index (χ0n) is 11.4. The number of benzene rings is 2. The van der Waals surface area contributed by atoms with Gasteiger partial charge in [-0.2, -0.15) is 0 Å². The minimum Gasteiger partial charge on any atom is -0.479 e. The van der Waals surface area contributed by atoms with Gasteiger partial charge in [0.05, 0.1) is 0 Å². The Bertz CT molecular complexity index is 681. The summed E-state index contributed by atoms with van der Waals surface area (Å²) in [6.07, 6.45) is 0.679. The summed E-state index contributed by atoms with van der Waals surface area (Å²) < 4.78 is 0. The summed E-state index contributed by atoms with van der Waals surface area (Å²) >= 11 is 0. The molecule has 1 aliphatic rings. The fourth-order valence-corrected chi connectivity index (χ4v) is 2.78. The van der Waals surface area contributed by atoms with Gasteiger partial charge in [-0.15, -0.1) is 0 Å². The highest BCUT2D eigenvalue weighted by Gasteiger charge is 2.34. The van der Waals surface area contributed by atoms with Crippen molar-refractivity contribution in [1.82, 2.24) is 4.90 Å². The highest BCUT2D eigenvalue weighted by atomic mass is 16.4. The molecular weight excluding hydrogens is 266 g/mol. The zero-order chi connectivity index (χ0) is 14.8. The van der Waals surface area contributed by atoms with Crippen LogP contribution in [0.3, 0.4) is 0 Å². The Hall–Kier alpha value is -2.62. The fourth-order valence-electron chi connectivity index (χ4n) is 2.78. The van der Waals surface area contributed by atoms with Crippen molar-refractivity contribution < 1.29 is 14.7 Å². The van der Waals surface area contributed by atoms with Gasteiger partial charge in [-0.05, 0) is 23.6 Å². The molecule has 1 unspecified atom stereocenters. The third-order valence-electron chi connectivity index (χ3n) is 3.79. The summed E-state index contributed by atoms with van der Waals surface area (Å²) in [6, 6.07) is 15.3. The van der Waals surface area contributed by atoms with E-state index in [0.717, 1.165) is 5.56 Å². The van der Waals surface area contributed by atoms with Crippen LogP contribution in [0.2, 0.25) is 0 Å². The third kappa shape index (κ3) is 2.40. The van der Waals surface area contributed by atoms with Gasteiger partial charge < -0.3 is 10.0 Å². The molecule has 0 aromatic heterocycles. The minimum absolute atomic E-state index is 0.215. The minimum atomic E-state index is -1.01. The smallest absolute Gasteiger partial charge is 0.331 e. The Morgan fingerprint density at radius 3 is 2.43 bits per heavy atom. The maximum atomic E-state index is 12.6. The number of carbonyl (C=O) groups is 2. The summed E-state index contributed by atoms with van der Waals surface area (Å²) in [5, 5.41) is 9.55. The van der Waals surface area contributed by atoms with Gasteiger partial charge in [0, 0.05) is 12.1 Å². The molecule has 4 heteroatoms. The van der Waals surface area contributed by atoms with E-state index in [1.165, 1.54) is 4.90 Å².